The second-order valence-electron chi connectivity index (χ2n) is 5.04. The summed E-state index contributed by atoms with van der Waals surface area (Å²) in [7, 11) is 0. The fraction of sp³-hybridized carbons (Fsp3) is 0.500. The first-order valence-corrected chi connectivity index (χ1v) is 7.31. The molecule has 1 heterocycles. The fourth-order valence-electron chi connectivity index (χ4n) is 2.71. The average Bonchev–Trinajstić information content (AvgIpc) is 2.36. The number of nitrogens with two attached hydrogens (primary N) is 1. The van der Waals surface area contributed by atoms with Gasteiger partial charge >= 0.3 is 0 Å². The lowest BCUT2D eigenvalue weighted by Crippen LogP contribution is -2.51. The smallest absolute Gasteiger partial charge is 0.254 e. The summed E-state index contributed by atoms with van der Waals surface area (Å²) in [5.41, 5.74) is 6.13. The van der Waals surface area contributed by atoms with Gasteiger partial charge in [0.05, 0.1) is 0 Å². The van der Waals surface area contributed by atoms with Crippen molar-refractivity contribution in [3.63, 3.8) is 0 Å². The number of rotatable bonds is 2. The summed E-state index contributed by atoms with van der Waals surface area (Å²) < 4.78 is 14.0. The predicted octanol–water partition coefficient (Wildman–Crippen LogP) is 2.93. The average molecular weight is 329 g/mol. The molecule has 1 fully saturated rings. The lowest BCUT2D eigenvalue weighted by atomic mass is 9.95. The van der Waals surface area contributed by atoms with Gasteiger partial charge in [0.2, 0.25) is 0 Å². The van der Waals surface area contributed by atoms with Crippen molar-refractivity contribution in [2.75, 3.05) is 6.54 Å². The van der Waals surface area contributed by atoms with Gasteiger partial charge in [-0.1, -0.05) is 15.9 Å². The van der Waals surface area contributed by atoms with Crippen molar-refractivity contribution in [3.05, 3.63) is 34.1 Å². The van der Waals surface area contributed by atoms with Crippen molar-refractivity contribution < 1.29 is 9.18 Å². The number of carbonyl (C=O) groups is 1. The molecule has 1 aromatic rings. The van der Waals surface area contributed by atoms with E-state index in [-0.39, 0.29) is 18.0 Å². The standard InChI is InChI=1S/C14H18BrFN2O/c1-9-3-2-4-13(8-17)18(9)14(19)10-5-11(15)7-12(16)6-10/h5-7,9,13H,2-4,8,17H2,1H3. The maximum absolute atomic E-state index is 13.4. The first kappa shape index (κ1) is 14.5. The summed E-state index contributed by atoms with van der Waals surface area (Å²) in [6.07, 6.45) is 2.97. The van der Waals surface area contributed by atoms with E-state index < -0.39 is 5.82 Å². The maximum Gasteiger partial charge on any atom is 0.254 e. The molecule has 0 aliphatic carbocycles. The molecule has 1 saturated heterocycles. The van der Waals surface area contributed by atoms with E-state index in [1.807, 2.05) is 11.8 Å². The molecule has 0 radical (unpaired) electrons. The molecule has 3 nitrogen and oxygen atoms in total. The number of halogens is 2. The highest BCUT2D eigenvalue weighted by atomic mass is 79.9. The Labute approximate surface area is 121 Å². The van der Waals surface area contributed by atoms with Crippen LogP contribution in [0.2, 0.25) is 0 Å². The molecule has 2 atom stereocenters. The Balaban J connectivity index is 2.30. The second-order valence-corrected chi connectivity index (χ2v) is 5.96. The zero-order valence-corrected chi connectivity index (χ0v) is 12.5. The van der Waals surface area contributed by atoms with Crippen molar-refractivity contribution in [2.24, 2.45) is 5.73 Å². The Morgan fingerprint density at radius 2 is 2.21 bits per heavy atom. The highest BCUT2D eigenvalue weighted by Crippen LogP contribution is 2.25. The Kier molecular flexibility index (Phi) is 4.58. The summed E-state index contributed by atoms with van der Waals surface area (Å²) in [5, 5.41) is 0. The summed E-state index contributed by atoms with van der Waals surface area (Å²) in [6.45, 7) is 2.47. The van der Waals surface area contributed by atoms with E-state index in [4.69, 9.17) is 5.73 Å². The van der Waals surface area contributed by atoms with Gasteiger partial charge in [-0.05, 0) is 44.4 Å². The number of piperidine rings is 1. The minimum atomic E-state index is -0.410. The predicted molar refractivity (Wildman–Crippen MR) is 76.4 cm³/mol. The molecule has 5 heteroatoms. The molecular weight excluding hydrogens is 311 g/mol. The van der Waals surface area contributed by atoms with E-state index in [0.717, 1.165) is 19.3 Å². The van der Waals surface area contributed by atoms with Gasteiger partial charge in [0, 0.05) is 28.7 Å². The van der Waals surface area contributed by atoms with Gasteiger partial charge in [0.25, 0.3) is 5.91 Å². The normalized spacial score (nSPS) is 23.5. The van der Waals surface area contributed by atoms with Crippen LogP contribution in [-0.4, -0.2) is 29.4 Å². The molecule has 1 aliphatic rings. The van der Waals surface area contributed by atoms with Crippen LogP contribution in [-0.2, 0) is 0 Å². The van der Waals surface area contributed by atoms with Gasteiger partial charge in [0.1, 0.15) is 5.82 Å². The quantitative estimate of drug-likeness (QED) is 0.907. The van der Waals surface area contributed by atoms with Gasteiger partial charge < -0.3 is 10.6 Å². The van der Waals surface area contributed by atoms with E-state index in [1.165, 1.54) is 12.1 Å². The Hall–Kier alpha value is -0.940. The fourth-order valence-corrected chi connectivity index (χ4v) is 3.18. The number of likely N-dealkylation sites (tertiary alicyclic amines) is 1. The van der Waals surface area contributed by atoms with E-state index in [9.17, 15) is 9.18 Å². The van der Waals surface area contributed by atoms with Crippen molar-refractivity contribution >= 4 is 21.8 Å². The number of amides is 1. The SMILES string of the molecule is CC1CCCC(CN)N1C(=O)c1cc(F)cc(Br)c1. The Bertz CT molecular complexity index is 460. The Morgan fingerprint density at radius 3 is 2.84 bits per heavy atom. The third-order valence-electron chi connectivity index (χ3n) is 3.64. The lowest BCUT2D eigenvalue weighted by molar-refractivity contribution is 0.0493. The van der Waals surface area contributed by atoms with Gasteiger partial charge in [0.15, 0.2) is 0 Å². The van der Waals surface area contributed by atoms with Crippen LogP contribution in [0, 0.1) is 5.82 Å². The third kappa shape index (κ3) is 3.15. The highest BCUT2D eigenvalue weighted by Gasteiger charge is 2.31. The monoisotopic (exact) mass is 328 g/mol. The van der Waals surface area contributed by atoms with Crippen molar-refractivity contribution in [1.29, 1.82) is 0 Å². The van der Waals surface area contributed by atoms with Crippen LogP contribution in [0.25, 0.3) is 0 Å². The van der Waals surface area contributed by atoms with Gasteiger partial charge in [-0.15, -0.1) is 0 Å². The van der Waals surface area contributed by atoms with Gasteiger partial charge in [-0.3, -0.25) is 4.79 Å². The van der Waals surface area contributed by atoms with Gasteiger partial charge in [-0.2, -0.15) is 0 Å². The number of hydrogen-bond acceptors (Lipinski definition) is 2. The molecule has 1 aliphatic heterocycles. The van der Waals surface area contributed by atoms with Crippen molar-refractivity contribution in [1.82, 2.24) is 4.90 Å². The number of nitrogens with zero attached hydrogens (tertiary/aromatic N) is 1. The molecule has 0 saturated carbocycles. The molecular formula is C14H18BrFN2O. The van der Waals surface area contributed by atoms with Gasteiger partial charge in [-0.25, -0.2) is 4.39 Å². The number of hydrogen-bond donors (Lipinski definition) is 1. The van der Waals surface area contributed by atoms with Crippen molar-refractivity contribution in [3.8, 4) is 0 Å². The van der Waals surface area contributed by atoms with E-state index >= 15 is 0 Å². The first-order valence-electron chi connectivity index (χ1n) is 6.51. The van der Waals surface area contributed by atoms with E-state index in [2.05, 4.69) is 15.9 Å². The minimum Gasteiger partial charge on any atom is -0.332 e. The molecule has 0 aromatic heterocycles. The number of benzene rings is 1. The van der Waals surface area contributed by atoms with Crippen LogP contribution in [0.5, 0.6) is 0 Å². The lowest BCUT2D eigenvalue weighted by Gasteiger charge is -2.40. The molecule has 1 amide bonds. The van der Waals surface area contributed by atoms with E-state index in [0.29, 0.717) is 16.6 Å². The summed E-state index contributed by atoms with van der Waals surface area (Å²) in [6, 6.07) is 4.48. The molecule has 1 aromatic carbocycles. The molecule has 2 rings (SSSR count). The molecule has 0 bridgehead atoms. The largest absolute Gasteiger partial charge is 0.332 e. The highest BCUT2D eigenvalue weighted by molar-refractivity contribution is 9.10. The molecule has 0 spiro atoms. The Morgan fingerprint density at radius 1 is 1.47 bits per heavy atom. The number of carbonyl (C=O) groups excluding carboxylic acids is 1. The first-order chi connectivity index (χ1) is 9.02. The minimum absolute atomic E-state index is 0.0540. The maximum atomic E-state index is 13.4. The molecule has 2 unspecified atom stereocenters. The van der Waals surface area contributed by atoms with Crippen molar-refractivity contribution in [2.45, 2.75) is 38.3 Å². The second kappa shape index (κ2) is 6.01. The summed E-state index contributed by atoms with van der Waals surface area (Å²) >= 11 is 3.22. The summed E-state index contributed by atoms with van der Waals surface area (Å²) in [5.74, 6) is -0.547. The van der Waals surface area contributed by atoms with Crippen LogP contribution in [0.4, 0.5) is 4.39 Å². The molecule has 19 heavy (non-hydrogen) atoms. The molecule has 104 valence electrons. The van der Waals surface area contributed by atoms with Crippen LogP contribution in [0.1, 0.15) is 36.5 Å². The topological polar surface area (TPSA) is 46.3 Å². The summed E-state index contributed by atoms with van der Waals surface area (Å²) in [4.78, 5) is 14.4. The van der Waals surface area contributed by atoms with Crippen LogP contribution >= 0.6 is 15.9 Å². The zero-order valence-electron chi connectivity index (χ0n) is 10.9. The van der Waals surface area contributed by atoms with Crippen LogP contribution in [0.3, 0.4) is 0 Å². The van der Waals surface area contributed by atoms with Crippen LogP contribution in [0.15, 0.2) is 22.7 Å². The zero-order chi connectivity index (χ0) is 14.0. The van der Waals surface area contributed by atoms with E-state index in [1.54, 1.807) is 6.07 Å². The van der Waals surface area contributed by atoms with Crippen LogP contribution < -0.4 is 5.73 Å². The third-order valence-corrected chi connectivity index (χ3v) is 4.10. The molecule has 2 N–H and O–H groups in total.